The summed E-state index contributed by atoms with van der Waals surface area (Å²) in [7, 11) is 0. The van der Waals surface area contributed by atoms with E-state index in [0.29, 0.717) is 6.42 Å². The van der Waals surface area contributed by atoms with Gasteiger partial charge in [0.05, 0.1) is 18.8 Å². The minimum Gasteiger partial charge on any atom is -0.394 e. The van der Waals surface area contributed by atoms with Crippen LogP contribution >= 0.6 is 0 Å². The van der Waals surface area contributed by atoms with Gasteiger partial charge in [-0.3, -0.25) is 5.32 Å². The van der Waals surface area contributed by atoms with Crippen LogP contribution in [0.4, 0.5) is 0 Å². The van der Waals surface area contributed by atoms with Crippen LogP contribution in [0.15, 0.2) is 0 Å². The van der Waals surface area contributed by atoms with Gasteiger partial charge in [-0.25, -0.2) is 0 Å². The van der Waals surface area contributed by atoms with Crippen molar-refractivity contribution < 1.29 is 35.4 Å². The number of ether oxygens (including phenoxy) is 1. The van der Waals surface area contributed by atoms with E-state index in [-0.39, 0.29) is 6.42 Å². The molecule has 0 aliphatic carbocycles. The van der Waals surface area contributed by atoms with Crippen molar-refractivity contribution in [2.45, 2.75) is 62.7 Å². The Hall–Kier alpha value is -0.320. The fourth-order valence-corrected chi connectivity index (χ4v) is 1.98. The molecule has 114 valence electrons. The Morgan fingerprint density at radius 2 is 1.74 bits per heavy atom. The Kier molecular flexibility index (Phi) is 6.57. The highest BCUT2D eigenvalue weighted by atomic mass is 16.6. The van der Waals surface area contributed by atoms with E-state index in [0.717, 1.165) is 0 Å². The predicted molar refractivity (Wildman–Crippen MR) is 63.8 cm³/mol. The van der Waals surface area contributed by atoms with Crippen LogP contribution in [0.5, 0.6) is 0 Å². The Labute approximate surface area is 111 Å². The number of nitrogens with one attached hydrogen (secondary N) is 1. The monoisotopic (exact) mass is 281 g/mol. The Morgan fingerprint density at radius 1 is 1.11 bits per heavy atom. The first kappa shape index (κ1) is 16.7. The summed E-state index contributed by atoms with van der Waals surface area (Å²) >= 11 is 0. The number of hydrogen-bond donors (Lipinski definition) is 7. The first-order valence-corrected chi connectivity index (χ1v) is 6.29. The minimum atomic E-state index is -1.46. The lowest BCUT2D eigenvalue weighted by Crippen LogP contribution is -2.64. The second kappa shape index (κ2) is 7.46. The first-order valence-electron chi connectivity index (χ1n) is 6.29. The molecule has 0 amide bonds. The van der Waals surface area contributed by atoms with Crippen molar-refractivity contribution in [1.29, 1.82) is 0 Å². The lowest BCUT2D eigenvalue weighted by Gasteiger charge is -2.41. The predicted octanol–water partition coefficient (Wildman–Crippen LogP) is -3.14. The molecule has 0 aromatic heterocycles. The van der Waals surface area contributed by atoms with Crippen molar-refractivity contribution in [3.8, 4) is 0 Å². The summed E-state index contributed by atoms with van der Waals surface area (Å²) in [4.78, 5) is 0. The van der Waals surface area contributed by atoms with E-state index in [9.17, 15) is 20.4 Å². The van der Waals surface area contributed by atoms with E-state index in [2.05, 4.69) is 5.32 Å². The van der Waals surface area contributed by atoms with Gasteiger partial charge in [-0.1, -0.05) is 0 Å². The third kappa shape index (κ3) is 4.62. The second-order valence-corrected chi connectivity index (χ2v) is 4.86. The Balaban J connectivity index is 2.52. The molecule has 19 heavy (non-hydrogen) atoms. The second-order valence-electron chi connectivity index (χ2n) is 4.86. The quantitative estimate of drug-likeness (QED) is 0.253. The van der Waals surface area contributed by atoms with Crippen LogP contribution in [0.25, 0.3) is 0 Å². The topological polar surface area (TPSA) is 143 Å². The number of hydrogen-bond acceptors (Lipinski definition) is 8. The largest absolute Gasteiger partial charge is 0.394 e. The molecule has 7 atom stereocenters. The first-order chi connectivity index (χ1) is 8.86. The minimum absolute atomic E-state index is 0.215. The van der Waals surface area contributed by atoms with Crippen LogP contribution in [0.3, 0.4) is 0 Å². The molecule has 1 saturated heterocycles. The van der Waals surface area contributed by atoms with Crippen molar-refractivity contribution in [2.75, 3.05) is 6.61 Å². The number of rotatable bonds is 6. The fourth-order valence-electron chi connectivity index (χ4n) is 1.98. The van der Waals surface area contributed by atoms with Crippen molar-refractivity contribution in [2.24, 2.45) is 0 Å². The molecule has 0 bridgehead atoms. The average Bonchev–Trinajstić information content (AvgIpc) is 2.36. The highest BCUT2D eigenvalue weighted by molar-refractivity contribution is 4.93. The molecule has 0 spiro atoms. The van der Waals surface area contributed by atoms with E-state index in [1.807, 2.05) is 0 Å². The molecular weight excluding hydrogens is 258 g/mol. The zero-order chi connectivity index (χ0) is 14.6. The summed E-state index contributed by atoms with van der Waals surface area (Å²) in [5.41, 5.74) is 0. The van der Waals surface area contributed by atoms with Crippen molar-refractivity contribution in [1.82, 2.24) is 5.32 Å². The van der Waals surface area contributed by atoms with E-state index in [4.69, 9.17) is 14.9 Å². The van der Waals surface area contributed by atoms with Gasteiger partial charge in [-0.15, -0.1) is 0 Å². The molecule has 1 fully saturated rings. The van der Waals surface area contributed by atoms with Gasteiger partial charge in [0, 0.05) is 0 Å². The third-order valence-electron chi connectivity index (χ3n) is 3.14. The van der Waals surface area contributed by atoms with Gasteiger partial charge in [0.25, 0.3) is 0 Å². The van der Waals surface area contributed by atoms with Crippen LogP contribution < -0.4 is 5.32 Å². The van der Waals surface area contributed by atoms with Crippen LogP contribution in [-0.4, -0.2) is 80.2 Å². The van der Waals surface area contributed by atoms with E-state index in [1.54, 1.807) is 6.92 Å². The van der Waals surface area contributed by atoms with Gasteiger partial charge < -0.3 is 35.4 Å². The summed E-state index contributed by atoms with van der Waals surface area (Å²) in [6.07, 6.45) is -6.36. The molecule has 8 nitrogen and oxygen atoms in total. The average molecular weight is 281 g/mol. The van der Waals surface area contributed by atoms with Gasteiger partial charge in [0.1, 0.15) is 24.5 Å². The molecule has 0 aromatic rings. The van der Waals surface area contributed by atoms with Crippen molar-refractivity contribution in [3.63, 3.8) is 0 Å². The van der Waals surface area contributed by atoms with E-state index < -0.39 is 49.6 Å². The molecule has 1 aliphatic rings. The zero-order valence-corrected chi connectivity index (χ0v) is 10.8. The highest BCUT2D eigenvalue weighted by Crippen LogP contribution is 2.20. The van der Waals surface area contributed by atoms with Crippen molar-refractivity contribution in [3.05, 3.63) is 0 Å². The summed E-state index contributed by atoms with van der Waals surface area (Å²) in [5, 5.41) is 59.3. The maximum atomic E-state index is 9.81. The van der Waals surface area contributed by atoms with Gasteiger partial charge in [0.15, 0.2) is 6.29 Å². The Morgan fingerprint density at radius 3 is 2.26 bits per heavy atom. The fraction of sp³-hybridized carbons (Fsp3) is 1.00. The van der Waals surface area contributed by atoms with Crippen molar-refractivity contribution >= 4 is 0 Å². The lowest BCUT2D eigenvalue weighted by atomic mass is 9.97. The van der Waals surface area contributed by atoms with E-state index >= 15 is 0 Å². The Bertz CT molecular complexity index is 265. The SMILES string of the molecule is CC(O)CCC(O)N[C@H]1C(O)OC(CO)[C@@H](O)[C@@H]1O. The van der Waals surface area contributed by atoms with Crippen LogP contribution in [-0.2, 0) is 4.74 Å². The number of aliphatic hydroxyl groups excluding tert-OH is 6. The molecule has 8 heteroatoms. The standard InChI is InChI=1S/C11H23NO7/c1-5(14)2-3-7(15)12-8-10(17)9(16)6(4-13)19-11(8)18/h5-18H,2-4H2,1H3/t5?,6?,7?,8-,9-,10-,11?/m1/s1. The summed E-state index contributed by atoms with van der Waals surface area (Å²) in [5.74, 6) is 0. The smallest absolute Gasteiger partial charge is 0.173 e. The summed E-state index contributed by atoms with van der Waals surface area (Å²) in [6, 6.07) is -1.08. The molecule has 7 N–H and O–H groups in total. The van der Waals surface area contributed by atoms with Gasteiger partial charge in [-0.2, -0.15) is 0 Å². The molecule has 4 unspecified atom stereocenters. The van der Waals surface area contributed by atoms with Crippen LogP contribution in [0.2, 0.25) is 0 Å². The van der Waals surface area contributed by atoms with Gasteiger partial charge in [-0.05, 0) is 19.8 Å². The molecule has 1 aliphatic heterocycles. The number of aliphatic hydroxyl groups is 6. The molecular formula is C11H23NO7. The maximum absolute atomic E-state index is 9.81. The molecule has 0 aromatic carbocycles. The summed E-state index contributed by atoms with van der Waals surface area (Å²) < 4.78 is 4.93. The van der Waals surface area contributed by atoms with Crippen LogP contribution in [0.1, 0.15) is 19.8 Å². The lowest BCUT2D eigenvalue weighted by molar-refractivity contribution is -0.258. The van der Waals surface area contributed by atoms with Crippen LogP contribution in [0, 0.1) is 0 Å². The third-order valence-corrected chi connectivity index (χ3v) is 3.14. The van der Waals surface area contributed by atoms with E-state index in [1.165, 1.54) is 0 Å². The maximum Gasteiger partial charge on any atom is 0.173 e. The molecule has 0 radical (unpaired) electrons. The molecule has 1 heterocycles. The van der Waals surface area contributed by atoms with Gasteiger partial charge in [0.2, 0.25) is 0 Å². The molecule has 1 rings (SSSR count). The zero-order valence-electron chi connectivity index (χ0n) is 10.8. The molecule has 0 saturated carbocycles. The van der Waals surface area contributed by atoms with Gasteiger partial charge >= 0.3 is 0 Å². The summed E-state index contributed by atoms with van der Waals surface area (Å²) in [6.45, 7) is 1.04. The normalized spacial score (nSPS) is 39.0. The highest BCUT2D eigenvalue weighted by Gasteiger charge is 2.44.